The van der Waals surface area contributed by atoms with Gasteiger partial charge in [-0.1, -0.05) is 126 Å². The molecule has 0 aromatic heterocycles. The first-order chi connectivity index (χ1) is 16.4. The minimum absolute atomic E-state index is 0. The molecule has 0 saturated heterocycles. The van der Waals surface area contributed by atoms with E-state index in [4.69, 9.17) is 0 Å². The molecule has 1 nitrogen and oxygen atoms in total. The number of hydrogen-bond donors (Lipinski definition) is 0. The summed E-state index contributed by atoms with van der Waals surface area (Å²) in [6, 6.07) is 34.0. The molecule has 3 aromatic carbocycles. The van der Waals surface area contributed by atoms with E-state index in [0.717, 1.165) is 0 Å². The number of hydrogen-bond acceptors (Lipinski definition) is 1. The van der Waals surface area contributed by atoms with Crippen LogP contribution in [0.3, 0.4) is 0 Å². The van der Waals surface area contributed by atoms with Crippen LogP contribution in [-0.2, 0) is 0 Å². The Balaban J connectivity index is 0.00000408. The van der Waals surface area contributed by atoms with Crippen LogP contribution in [0.1, 0.15) is 84.0 Å². The van der Waals surface area contributed by atoms with Gasteiger partial charge in [0, 0.05) is 0 Å². The molecule has 0 bridgehead atoms. The Bertz CT molecular complexity index is 767. The summed E-state index contributed by atoms with van der Waals surface area (Å²) >= 11 is 0. The van der Waals surface area contributed by atoms with E-state index in [0.29, 0.717) is 0 Å². The maximum absolute atomic E-state index is 2.37. The van der Waals surface area contributed by atoms with Gasteiger partial charge in [-0.2, -0.15) is 0 Å². The minimum Gasteiger partial charge on any atom is -0.870 e. The molecule has 3 aromatic rings. The van der Waals surface area contributed by atoms with Gasteiger partial charge in [-0.3, -0.25) is 0 Å². The number of benzene rings is 3. The predicted molar refractivity (Wildman–Crippen MR) is 153 cm³/mol. The van der Waals surface area contributed by atoms with Crippen LogP contribution >= 0.6 is 7.26 Å². The molecule has 0 unspecified atom stereocenters. The van der Waals surface area contributed by atoms with E-state index in [1.54, 1.807) is 0 Å². The van der Waals surface area contributed by atoms with Crippen molar-refractivity contribution in [2.24, 2.45) is 0 Å². The molecule has 0 heterocycles. The van der Waals surface area contributed by atoms with Crippen LogP contribution in [-0.4, -0.2) is 11.6 Å². The average molecular weight is 477 g/mol. The lowest BCUT2D eigenvalue weighted by atomic mass is 10.1. The van der Waals surface area contributed by atoms with E-state index in [1.807, 2.05) is 0 Å². The van der Waals surface area contributed by atoms with Crippen LogP contribution < -0.4 is 15.9 Å². The van der Waals surface area contributed by atoms with E-state index < -0.39 is 7.26 Å². The standard InChI is InChI=1S/C32H44P.H2O/c1-2-3-4-5-6-7-8-9-10-11-12-22-29-33(30-23-16-13-17-24-30,31-25-18-14-19-26-31)32-27-20-15-21-28-32;/h13-21,23-28H,2-12,22,29H2,1H3;1H2/q+1;/p-1. The fourth-order valence-corrected chi connectivity index (χ4v) is 9.48. The zero-order valence-electron chi connectivity index (χ0n) is 21.2. The van der Waals surface area contributed by atoms with Gasteiger partial charge in [0.2, 0.25) is 0 Å². The Labute approximate surface area is 209 Å². The second-order valence-electron chi connectivity index (χ2n) is 9.43. The highest BCUT2D eigenvalue weighted by Crippen LogP contribution is 2.55. The van der Waals surface area contributed by atoms with E-state index in [2.05, 4.69) is 97.9 Å². The fraction of sp³-hybridized carbons (Fsp3) is 0.438. The van der Waals surface area contributed by atoms with Gasteiger partial charge >= 0.3 is 0 Å². The molecular formula is C32H45OP. The lowest BCUT2D eigenvalue weighted by molar-refractivity contribution is 0.548. The van der Waals surface area contributed by atoms with Crippen molar-refractivity contribution < 1.29 is 5.48 Å². The molecule has 2 heteroatoms. The summed E-state index contributed by atoms with van der Waals surface area (Å²) in [6.45, 7) is 2.30. The van der Waals surface area contributed by atoms with Gasteiger partial charge in [-0.15, -0.1) is 0 Å². The molecule has 0 atom stereocenters. The molecular weight excluding hydrogens is 431 g/mol. The van der Waals surface area contributed by atoms with E-state index in [1.165, 1.54) is 99.1 Å². The summed E-state index contributed by atoms with van der Waals surface area (Å²) < 4.78 is 0. The van der Waals surface area contributed by atoms with Crippen molar-refractivity contribution in [1.82, 2.24) is 0 Å². The van der Waals surface area contributed by atoms with Crippen LogP contribution in [0.15, 0.2) is 91.0 Å². The molecule has 184 valence electrons. The smallest absolute Gasteiger partial charge is 0.112 e. The van der Waals surface area contributed by atoms with Crippen molar-refractivity contribution in [2.45, 2.75) is 84.0 Å². The van der Waals surface area contributed by atoms with Crippen LogP contribution in [0, 0.1) is 0 Å². The van der Waals surface area contributed by atoms with Gasteiger partial charge in [0.15, 0.2) is 0 Å². The maximum atomic E-state index is 2.37. The van der Waals surface area contributed by atoms with Crippen molar-refractivity contribution in [3.05, 3.63) is 91.0 Å². The second-order valence-corrected chi connectivity index (χ2v) is 13.0. The van der Waals surface area contributed by atoms with Crippen LogP contribution in [0.25, 0.3) is 0 Å². The molecule has 0 spiro atoms. The first kappa shape index (κ1) is 28.3. The summed E-state index contributed by atoms with van der Waals surface area (Å²) in [5.41, 5.74) is 0. The van der Waals surface area contributed by atoms with E-state index >= 15 is 0 Å². The van der Waals surface area contributed by atoms with E-state index in [9.17, 15) is 0 Å². The molecule has 0 aliphatic heterocycles. The van der Waals surface area contributed by atoms with Crippen molar-refractivity contribution >= 4 is 23.2 Å². The van der Waals surface area contributed by atoms with Gasteiger partial charge in [0.25, 0.3) is 0 Å². The van der Waals surface area contributed by atoms with Crippen LogP contribution in [0.4, 0.5) is 0 Å². The normalized spacial score (nSPS) is 11.2. The molecule has 34 heavy (non-hydrogen) atoms. The Kier molecular flexibility index (Phi) is 13.8. The van der Waals surface area contributed by atoms with Crippen LogP contribution in [0.5, 0.6) is 0 Å². The molecule has 0 aliphatic carbocycles. The third kappa shape index (κ3) is 8.37. The van der Waals surface area contributed by atoms with Gasteiger partial charge in [-0.05, 0) is 49.2 Å². The second kappa shape index (κ2) is 16.6. The zero-order chi connectivity index (χ0) is 23.0. The van der Waals surface area contributed by atoms with Crippen molar-refractivity contribution in [2.75, 3.05) is 6.16 Å². The largest absolute Gasteiger partial charge is 0.870 e. The van der Waals surface area contributed by atoms with Crippen molar-refractivity contribution in [1.29, 1.82) is 0 Å². The summed E-state index contributed by atoms with van der Waals surface area (Å²) in [5.74, 6) is 0. The quantitative estimate of drug-likeness (QED) is 0.150. The molecule has 0 radical (unpaired) electrons. The average Bonchev–Trinajstić information content (AvgIpc) is 2.89. The maximum Gasteiger partial charge on any atom is 0.112 e. The topological polar surface area (TPSA) is 30.0 Å². The Morgan fingerprint density at radius 2 is 0.706 bits per heavy atom. The lowest BCUT2D eigenvalue weighted by Crippen LogP contribution is -2.33. The fourth-order valence-electron chi connectivity index (χ4n) is 5.07. The number of rotatable bonds is 16. The summed E-state index contributed by atoms with van der Waals surface area (Å²) in [4.78, 5) is 0. The highest BCUT2D eigenvalue weighted by molar-refractivity contribution is 7.95. The molecule has 0 saturated carbocycles. The number of unbranched alkanes of at least 4 members (excludes halogenated alkanes) is 11. The van der Waals surface area contributed by atoms with Crippen LogP contribution in [0.2, 0.25) is 0 Å². The highest BCUT2D eigenvalue weighted by Gasteiger charge is 2.44. The third-order valence-electron chi connectivity index (χ3n) is 6.94. The molecule has 0 amide bonds. The van der Waals surface area contributed by atoms with Gasteiger partial charge in [0.1, 0.15) is 23.2 Å². The first-order valence-corrected chi connectivity index (χ1v) is 15.4. The highest BCUT2D eigenvalue weighted by atomic mass is 31.2. The lowest BCUT2D eigenvalue weighted by Gasteiger charge is -2.27. The third-order valence-corrected chi connectivity index (χ3v) is 11.5. The predicted octanol–water partition coefficient (Wildman–Crippen LogP) is 8.50. The molecule has 1 N–H and O–H groups in total. The minimum atomic E-state index is -1.63. The zero-order valence-corrected chi connectivity index (χ0v) is 22.1. The van der Waals surface area contributed by atoms with Gasteiger partial charge in [0.05, 0.1) is 6.16 Å². The molecule has 3 rings (SSSR count). The summed E-state index contributed by atoms with van der Waals surface area (Å²) in [7, 11) is -1.63. The van der Waals surface area contributed by atoms with E-state index in [-0.39, 0.29) is 5.48 Å². The van der Waals surface area contributed by atoms with Gasteiger partial charge < -0.3 is 5.48 Å². The Morgan fingerprint density at radius 1 is 0.412 bits per heavy atom. The van der Waals surface area contributed by atoms with Crippen molar-refractivity contribution in [3.63, 3.8) is 0 Å². The molecule has 0 aliphatic rings. The first-order valence-electron chi connectivity index (χ1n) is 13.4. The van der Waals surface area contributed by atoms with Crippen molar-refractivity contribution in [3.8, 4) is 0 Å². The van der Waals surface area contributed by atoms with Gasteiger partial charge in [-0.25, -0.2) is 0 Å². The monoisotopic (exact) mass is 476 g/mol. The molecule has 0 fully saturated rings. The SMILES string of the molecule is CCCCCCCCCCCCCC[P+](c1ccccc1)(c1ccccc1)c1ccccc1.[OH-]. The Morgan fingerprint density at radius 3 is 1.03 bits per heavy atom. The Hall–Kier alpha value is -1.95. The summed E-state index contributed by atoms with van der Waals surface area (Å²) in [5, 5.41) is 4.56. The summed E-state index contributed by atoms with van der Waals surface area (Å²) in [6.07, 6.45) is 18.1.